The number of halogens is 1. The van der Waals surface area contributed by atoms with Crippen LogP contribution < -0.4 is 16.8 Å². The van der Waals surface area contributed by atoms with Gasteiger partial charge in [-0.3, -0.25) is 4.99 Å². The van der Waals surface area contributed by atoms with E-state index >= 15 is 0 Å². The van der Waals surface area contributed by atoms with E-state index in [0.29, 0.717) is 6.54 Å². The lowest BCUT2D eigenvalue weighted by atomic mass is 10.1. The second kappa shape index (κ2) is 15.9. The van der Waals surface area contributed by atoms with Crippen LogP contribution in [0.3, 0.4) is 0 Å². The number of nitrogens with one attached hydrogen (secondary N) is 1. The molecule has 2 atom stereocenters. The van der Waals surface area contributed by atoms with Crippen LogP contribution in [0.5, 0.6) is 0 Å². The van der Waals surface area contributed by atoms with Gasteiger partial charge in [0.1, 0.15) is 5.82 Å². The topological polar surface area (TPSA) is 82.9 Å². The number of thiocarbonyl (C=S) groups is 1. The maximum Gasteiger partial charge on any atom is 0.185 e. The van der Waals surface area contributed by atoms with Crippen LogP contribution in [0.25, 0.3) is 0 Å². The Morgan fingerprint density at radius 3 is 2.54 bits per heavy atom. The van der Waals surface area contributed by atoms with Gasteiger partial charge in [0.25, 0.3) is 0 Å². The van der Waals surface area contributed by atoms with Crippen molar-refractivity contribution in [2.45, 2.75) is 44.8 Å². The Morgan fingerprint density at radius 2 is 1.86 bits per heavy atom. The van der Waals surface area contributed by atoms with Crippen LogP contribution in [0, 0.1) is 5.82 Å². The normalized spacial score (nSPS) is 15.8. The maximum absolute atomic E-state index is 13.6. The molecule has 0 radical (unpaired) electrons. The first-order chi connectivity index (χ1) is 15.9. The number of rotatable bonds is 12. The molecule has 0 bridgehead atoms. The summed E-state index contributed by atoms with van der Waals surface area (Å²) in [6.45, 7) is 6.12. The Labute approximate surface area is 228 Å². The first-order valence-electron chi connectivity index (χ1n) is 11.6. The Kier molecular flexibility index (Phi) is 14.1. The standard InChI is InChI=1S/C25H35FN6S.2H2S/c1-19(16-29-17-21-7-3-2-4-8-21)32-18-23(11-6-13-30-24(27)28)31(25(32)33)14-12-20-9-5-10-22(26)15-20;;/h2-5,7-10,15,19,23,29H,6,11-14,16-18H2,1H3,(H4,27,28,30);2*1H2/t19-,23-;;/m0../s1. The molecule has 1 saturated heterocycles. The Balaban J connectivity index is 0.00000306. The van der Waals surface area contributed by atoms with Gasteiger partial charge in [0.05, 0.1) is 0 Å². The summed E-state index contributed by atoms with van der Waals surface area (Å²) in [7, 11) is 0. The molecular formula is C25H39FN6S3. The summed E-state index contributed by atoms with van der Waals surface area (Å²) in [5.41, 5.74) is 13.2. The largest absolute Gasteiger partial charge is 0.370 e. The fourth-order valence-corrected chi connectivity index (χ4v) is 4.72. The van der Waals surface area contributed by atoms with Gasteiger partial charge in [0, 0.05) is 44.8 Å². The number of hydrogen-bond donors (Lipinski definition) is 3. The van der Waals surface area contributed by atoms with Crippen LogP contribution in [0.4, 0.5) is 4.39 Å². The summed E-state index contributed by atoms with van der Waals surface area (Å²) in [4.78, 5) is 8.72. The molecule has 0 spiro atoms. The van der Waals surface area contributed by atoms with E-state index in [4.69, 9.17) is 23.7 Å². The third-order valence-corrected chi connectivity index (χ3v) is 6.47. The van der Waals surface area contributed by atoms with E-state index < -0.39 is 0 Å². The highest BCUT2D eigenvalue weighted by Gasteiger charge is 2.35. The van der Waals surface area contributed by atoms with Crippen molar-refractivity contribution in [1.29, 1.82) is 0 Å². The highest BCUT2D eigenvalue weighted by molar-refractivity contribution is 7.80. The van der Waals surface area contributed by atoms with Gasteiger partial charge in [-0.05, 0) is 61.7 Å². The van der Waals surface area contributed by atoms with Crippen LogP contribution in [-0.4, -0.2) is 59.1 Å². The van der Waals surface area contributed by atoms with Crippen LogP contribution in [0.15, 0.2) is 59.6 Å². The number of hydrogen-bond acceptors (Lipinski definition) is 3. The molecule has 1 aliphatic rings. The number of benzene rings is 2. The minimum Gasteiger partial charge on any atom is -0.370 e. The van der Waals surface area contributed by atoms with Crippen molar-refractivity contribution in [2.24, 2.45) is 16.5 Å². The molecule has 0 aromatic heterocycles. The van der Waals surface area contributed by atoms with Crippen molar-refractivity contribution in [3.8, 4) is 0 Å². The van der Waals surface area contributed by atoms with Crippen LogP contribution >= 0.6 is 39.2 Å². The van der Waals surface area contributed by atoms with Crippen molar-refractivity contribution in [3.05, 3.63) is 71.5 Å². The van der Waals surface area contributed by atoms with Crippen LogP contribution in [-0.2, 0) is 13.0 Å². The van der Waals surface area contributed by atoms with Crippen molar-refractivity contribution in [3.63, 3.8) is 0 Å². The summed E-state index contributed by atoms with van der Waals surface area (Å²) in [6.07, 6.45) is 2.58. The van der Waals surface area contributed by atoms with Gasteiger partial charge in [-0.15, -0.1) is 0 Å². The number of aliphatic imine (C=N–C) groups is 1. The van der Waals surface area contributed by atoms with Gasteiger partial charge in [-0.25, -0.2) is 4.39 Å². The molecule has 1 heterocycles. The van der Waals surface area contributed by atoms with E-state index in [1.807, 2.05) is 12.1 Å². The quantitative estimate of drug-likeness (QED) is 0.167. The molecule has 5 N–H and O–H groups in total. The fraction of sp³-hybridized carbons (Fsp3) is 0.440. The third kappa shape index (κ3) is 9.87. The first-order valence-corrected chi connectivity index (χ1v) is 12.0. The summed E-state index contributed by atoms with van der Waals surface area (Å²) in [5, 5.41) is 4.42. The number of nitrogens with two attached hydrogens (primary N) is 2. The average molecular weight is 539 g/mol. The van der Waals surface area contributed by atoms with E-state index in [1.54, 1.807) is 12.1 Å². The molecule has 1 fully saturated rings. The molecular weight excluding hydrogens is 500 g/mol. The number of guanidine groups is 1. The molecule has 194 valence electrons. The fourth-order valence-electron chi connectivity index (χ4n) is 4.23. The Hall–Kier alpha value is -2.01. The molecule has 35 heavy (non-hydrogen) atoms. The van der Waals surface area contributed by atoms with Crippen molar-refractivity contribution >= 4 is 50.3 Å². The zero-order valence-electron chi connectivity index (χ0n) is 20.3. The van der Waals surface area contributed by atoms with Gasteiger partial charge in [0.2, 0.25) is 0 Å². The highest BCUT2D eigenvalue weighted by atomic mass is 32.1. The van der Waals surface area contributed by atoms with Crippen molar-refractivity contribution in [1.82, 2.24) is 15.1 Å². The Bertz CT molecular complexity index is 926. The first kappa shape index (κ1) is 31.0. The van der Waals surface area contributed by atoms with Gasteiger partial charge in [-0.2, -0.15) is 27.0 Å². The van der Waals surface area contributed by atoms with Crippen LogP contribution in [0.1, 0.15) is 30.9 Å². The van der Waals surface area contributed by atoms with E-state index in [1.165, 1.54) is 11.6 Å². The zero-order chi connectivity index (χ0) is 23.6. The van der Waals surface area contributed by atoms with Gasteiger partial charge >= 0.3 is 0 Å². The summed E-state index contributed by atoms with van der Waals surface area (Å²) in [6, 6.07) is 17.7. The van der Waals surface area contributed by atoms with E-state index in [9.17, 15) is 4.39 Å². The third-order valence-electron chi connectivity index (χ3n) is 6.00. The molecule has 0 aliphatic carbocycles. The summed E-state index contributed by atoms with van der Waals surface area (Å²) >= 11 is 5.90. The highest BCUT2D eigenvalue weighted by Crippen LogP contribution is 2.23. The predicted molar refractivity (Wildman–Crippen MR) is 158 cm³/mol. The molecule has 2 aromatic rings. The van der Waals surface area contributed by atoms with Crippen molar-refractivity contribution < 1.29 is 4.39 Å². The monoisotopic (exact) mass is 538 g/mol. The van der Waals surface area contributed by atoms with E-state index in [2.05, 4.69) is 51.3 Å². The molecule has 0 saturated carbocycles. The Morgan fingerprint density at radius 1 is 1.14 bits per heavy atom. The van der Waals surface area contributed by atoms with Gasteiger partial charge in [-0.1, -0.05) is 42.5 Å². The smallest absolute Gasteiger partial charge is 0.185 e. The molecule has 2 aromatic carbocycles. The van der Waals surface area contributed by atoms with Gasteiger partial charge in [0.15, 0.2) is 11.1 Å². The lowest BCUT2D eigenvalue weighted by Gasteiger charge is -2.28. The zero-order valence-corrected chi connectivity index (χ0v) is 23.1. The second-order valence-electron chi connectivity index (χ2n) is 8.58. The molecule has 6 nitrogen and oxygen atoms in total. The van der Waals surface area contributed by atoms with E-state index in [0.717, 1.165) is 56.1 Å². The van der Waals surface area contributed by atoms with E-state index in [-0.39, 0.29) is 50.9 Å². The molecule has 10 heteroatoms. The van der Waals surface area contributed by atoms with Crippen molar-refractivity contribution in [2.75, 3.05) is 26.2 Å². The molecule has 1 aliphatic heterocycles. The molecule has 0 amide bonds. The molecule has 0 unspecified atom stereocenters. The predicted octanol–water partition coefficient (Wildman–Crippen LogP) is 3.10. The van der Waals surface area contributed by atoms with Crippen LogP contribution in [0.2, 0.25) is 0 Å². The molecule has 3 rings (SSSR count). The van der Waals surface area contributed by atoms with Gasteiger partial charge < -0.3 is 26.6 Å². The maximum atomic E-state index is 13.6. The summed E-state index contributed by atoms with van der Waals surface area (Å²) < 4.78 is 13.6. The lowest BCUT2D eigenvalue weighted by molar-refractivity contribution is 0.303. The minimum absolute atomic E-state index is 0. The average Bonchev–Trinajstić information content (AvgIpc) is 3.11. The minimum atomic E-state index is -0.204. The number of nitrogens with zero attached hydrogens (tertiary/aromatic N) is 3. The summed E-state index contributed by atoms with van der Waals surface area (Å²) in [5.74, 6) is -0.0790. The lowest BCUT2D eigenvalue weighted by Crippen LogP contribution is -2.43. The second-order valence-corrected chi connectivity index (χ2v) is 8.94. The SMILES string of the molecule is C[C@@H](CNCc1ccccc1)N1C[C@H](CCCN=C(N)N)N(CCc2cccc(F)c2)C1=S.S.S.